The number of rotatable bonds is 4. The third-order valence-electron chi connectivity index (χ3n) is 10.6. The highest BCUT2D eigenvalue weighted by molar-refractivity contribution is 6.32. The first kappa shape index (κ1) is 29.4. The molecule has 9 heteroatoms. The molecule has 0 radical (unpaired) electrons. The summed E-state index contributed by atoms with van der Waals surface area (Å²) in [5.41, 5.74) is 2.29. The first-order valence-electron chi connectivity index (χ1n) is 15.3. The van der Waals surface area contributed by atoms with E-state index in [0.717, 1.165) is 28.5 Å². The van der Waals surface area contributed by atoms with Gasteiger partial charge in [-0.1, -0.05) is 60.5 Å². The highest BCUT2D eigenvalue weighted by Crippen LogP contribution is 2.64. The van der Waals surface area contributed by atoms with Gasteiger partial charge >= 0.3 is 0 Å². The lowest BCUT2D eigenvalue weighted by atomic mass is 9.51. The normalized spacial score (nSPS) is 29.1. The summed E-state index contributed by atoms with van der Waals surface area (Å²) in [5, 5.41) is 11.1. The second kappa shape index (κ2) is 10.4. The molecule has 0 bridgehead atoms. The minimum absolute atomic E-state index is 0.0149. The Balaban J connectivity index is 1.36. The summed E-state index contributed by atoms with van der Waals surface area (Å²) in [6.07, 6.45) is 3.24. The number of carbonyl (C=O) groups excluding carboxylic acids is 4. The number of phenolic OH excluding ortho intramolecular Hbond substituents is 1. The van der Waals surface area contributed by atoms with Gasteiger partial charge in [-0.25, -0.2) is 9.29 Å². The van der Waals surface area contributed by atoms with Gasteiger partial charge in [0.15, 0.2) is 0 Å². The van der Waals surface area contributed by atoms with Crippen LogP contribution in [0.2, 0.25) is 5.02 Å². The van der Waals surface area contributed by atoms with Crippen molar-refractivity contribution in [2.45, 2.75) is 46.0 Å². The van der Waals surface area contributed by atoms with Gasteiger partial charge in [-0.3, -0.25) is 24.1 Å². The molecule has 7 rings (SSSR count). The predicted molar refractivity (Wildman–Crippen MR) is 167 cm³/mol. The van der Waals surface area contributed by atoms with Crippen LogP contribution in [0.1, 0.15) is 49.3 Å². The molecule has 0 unspecified atom stereocenters. The largest absolute Gasteiger partial charge is 0.507 e. The van der Waals surface area contributed by atoms with Crippen molar-refractivity contribution in [1.29, 1.82) is 0 Å². The molecular formula is C36H32ClFN2O5. The molecule has 2 saturated heterocycles. The molecule has 3 aromatic carbocycles. The van der Waals surface area contributed by atoms with Crippen LogP contribution in [0.5, 0.6) is 5.75 Å². The van der Waals surface area contributed by atoms with Crippen LogP contribution in [-0.4, -0.2) is 28.7 Å². The average molecular weight is 627 g/mol. The van der Waals surface area contributed by atoms with E-state index >= 15 is 0 Å². The van der Waals surface area contributed by atoms with E-state index in [4.69, 9.17) is 11.6 Å². The minimum atomic E-state index is -1.33. The summed E-state index contributed by atoms with van der Waals surface area (Å²) >= 11 is 6.07. The molecule has 0 aromatic heterocycles. The van der Waals surface area contributed by atoms with E-state index in [1.807, 2.05) is 25.1 Å². The lowest BCUT2D eigenvalue weighted by molar-refractivity contribution is -0.131. The number of amides is 4. The van der Waals surface area contributed by atoms with Crippen molar-refractivity contribution in [3.8, 4) is 5.75 Å². The van der Waals surface area contributed by atoms with Gasteiger partial charge < -0.3 is 5.11 Å². The molecule has 0 spiro atoms. The van der Waals surface area contributed by atoms with E-state index in [1.54, 1.807) is 44.2 Å². The Bertz CT molecular complexity index is 1840. The second-order valence-corrected chi connectivity index (χ2v) is 13.2. The van der Waals surface area contributed by atoms with Gasteiger partial charge in [0.25, 0.3) is 0 Å². The zero-order valence-electron chi connectivity index (χ0n) is 25.1. The summed E-state index contributed by atoms with van der Waals surface area (Å²) in [5.74, 6) is -5.69. The fraction of sp³-hybridized carbons (Fsp3) is 0.333. The summed E-state index contributed by atoms with van der Waals surface area (Å²) in [6, 6.07) is 16.4. The van der Waals surface area contributed by atoms with Crippen molar-refractivity contribution < 1.29 is 28.7 Å². The van der Waals surface area contributed by atoms with Gasteiger partial charge in [0.05, 0.1) is 39.6 Å². The first-order chi connectivity index (χ1) is 21.5. The van der Waals surface area contributed by atoms with Gasteiger partial charge in [-0.05, 0) is 80.5 Å². The Morgan fingerprint density at radius 2 is 1.64 bits per heavy atom. The number of halogens is 2. The molecule has 2 heterocycles. The van der Waals surface area contributed by atoms with Crippen molar-refractivity contribution in [3.63, 3.8) is 0 Å². The molecule has 3 fully saturated rings. The third kappa shape index (κ3) is 4.07. The number of benzene rings is 3. The number of phenols is 1. The number of carbonyl (C=O) groups is 4. The third-order valence-corrected chi connectivity index (χ3v) is 10.9. The molecule has 1 saturated carbocycles. The topological polar surface area (TPSA) is 95.0 Å². The van der Waals surface area contributed by atoms with Crippen LogP contribution in [0, 0.1) is 41.8 Å². The summed E-state index contributed by atoms with van der Waals surface area (Å²) < 4.78 is 14.1. The van der Waals surface area contributed by atoms with Crippen molar-refractivity contribution in [2.24, 2.45) is 29.1 Å². The number of imide groups is 2. The zero-order chi connectivity index (χ0) is 31.9. The molecular weight excluding hydrogens is 595 g/mol. The van der Waals surface area contributed by atoms with Crippen molar-refractivity contribution in [1.82, 2.24) is 0 Å². The van der Waals surface area contributed by atoms with Crippen LogP contribution in [0.25, 0.3) is 0 Å². The highest BCUT2D eigenvalue weighted by Gasteiger charge is 2.68. The zero-order valence-corrected chi connectivity index (χ0v) is 25.8. The number of hydrogen-bond acceptors (Lipinski definition) is 5. The molecule has 2 aliphatic carbocycles. The number of aryl methyl sites for hydroxylation is 2. The Morgan fingerprint density at radius 3 is 2.33 bits per heavy atom. The van der Waals surface area contributed by atoms with E-state index in [0.29, 0.717) is 23.2 Å². The van der Waals surface area contributed by atoms with E-state index in [9.17, 15) is 28.7 Å². The van der Waals surface area contributed by atoms with E-state index in [2.05, 4.69) is 0 Å². The molecule has 3 aromatic rings. The van der Waals surface area contributed by atoms with Crippen LogP contribution in [0.4, 0.5) is 15.8 Å². The quantitative estimate of drug-likeness (QED) is 0.264. The summed E-state index contributed by atoms with van der Waals surface area (Å²) in [4.78, 5) is 59.1. The Hall–Kier alpha value is -4.30. The Labute approximate surface area is 265 Å². The SMILES string of the molecule is CCc1ccc(N2C(=O)[C@H]3[C@H](CC=C4[C@H]3C[C@H]3C(=O)N(c5ccc(F)c(Cl)c5)C(=O)[C@@]3(C)[C@H]4c3cccc(C)c3O)C2=O)cc1. The lowest BCUT2D eigenvalue weighted by Gasteiger charge is -2.49. The number of aromatic hydroxyl groups is 1. The van der Waals surface area contributed by atoms with Gasteiger partial charge in [0.2, 0.25) is 23.6 Å². The lowest BCUT2D eigenvalue weighted by Crippen LogP contribution is -2.49. The number of nitrogens with zero attached hydrogens (tertiary/aromatic N) is 2. The van der Waals surface area contributed by atoms with E-state index in [1.165, 1.54) is 17.0 Å². The fourth-order valence-electron chi connectivity index (χ4n) is 8.28. The molecule has 7 nitrogen and oxygen atoms in total. The summed E-state index contributed by atoms with van der Waals surface area (Å²) in [6.45, 7) is 5.53. The predicted octanol–water partition coefficient (Wildman–Crippen LogP) is 6.49. The number of para-hydroxylation sites is 1. The number of fused-ring (bicyclic) bond motifs is 4. The number of anilines is 2. The van der Waals surface area contributed by atoms with Crippen LogP contribution in [-0.2, 0) is 25.6 Å². The van der Waals surface area contributed by atoms with Crippen LogP contribution < -0.4 is 9.80 Å². The van der Waals surface area contributed by atoms with Crippen LogP contribution in [0.15, 0.2) is 72.3 Å². The molecule has 4 amide bonds. The second-order valence-electron chi connectivity index (χ2n) is 12.8. The smallest absolute Gasteiger partial charge is 0.241 e. The Morgan fingerprint density at radius 1 is 0.933 bits per heavy atom. The van der Waals surface area contributed by atoms with Gasteiger partial charge in [0.1, 0.15) is 11.6 Å². The maximum Gasteiger partial charge on any atom is 0.241 e. The molecule has 6 atom stereocenters. The number of allylic oxidation sites excluding steroid dienone is 2. The van der Waals surface area contributed by atoms with Crippen molar-refractivity contribution >= 4 is 46.6 Å². The Kier molecular flexibility index (Phi) is 6.78. The minimum Gasteiger partial charge on any atom is -0.507 e. The van der Waals surface area contributed by atoms with Crippen molar-refractivity contribution in [2.75, 3.05) is 9.80 Å². The fourth-order valence-corrected chi connectivity index (χ4v) is 8.45. The van der Waals surface area contributed by atoms with Crippen LogP contribution >= 0.6 is 11.6 Å². The van der Waals surface area contributed by atoms with Crippen LogP contribution in [0.3, 0.4) is 0 Å². The first-order valence-corrected chi connectivity index (χ1v) is 15.6. The van der Waals surface area contributed by atoms with Gasteiger partial charge in [0, 0.05) is 11.5 Å². The molecule has 4 aliphatic rings. The van der Waals surface area contributed by atoms with E-state index in [-0.39, 0.29) is 34.7 Å². The van der Waals surface area contributed by atoms with E-state index < -0.39 is 52.6 Å². The highest BCUT2D eigenvalue weighted by atomic mass is 35.5. The monoisotopic (exact) mass is 626 g/mol. The number of hydrogen-bond donors (Lipinski definition) is 1. The standard InChI is InChI=1S/C36H32ClFN2O5/c1-4-19-8-10-20(11-9-19)39-32(42)23-14-13-22-25(29(23)34(39)44)17-26-33(43)40(21-12-15-28(38)27(37)16-21)35(45)36(26,3)30(22)24-7-5-6-18(2)31(24)41/h5-13,15-16,23,25-26,29-30,41H,4,14,17H2,1-3H3/t23-,25+,26-,29-,30+,36+/m0/s1. The van der Waals surface area contributed by atoms with Gasteiger partial charge in [-0.2, -0.15) is 0 Å². The molecule has 45 heavy (non-hydrogen) atoms. The van der Waals surface area contributed by atoms with Gasteiger partial charge in [-0.15, -0.1) is 0 Å². The maximum atomic E-state index is 14.5. The average Bonchev–Trinajstić information content (AvgIpc) is 3.40. The maximum absolute atomic E-state index is 14.5. The molecule has 230 valence electrons. The molecule has 1 N–H and O–H groups in total. The molecule has 2 aliphatic heterocycles. The van der Waals surface area contributed by atoms with Crippen molar-refractivity contribution in [3.05, 3.63) is 99.8 Å². The summed E-state index contributed by atoms with van der Waals surface area (Å²) in [7, 11) is 0.